The minimum Gasteiger partial charge on any atom is -0.322 e. The van der Waals surface area contributed by atoms with Gasteiger partial charge in [0.25, 0.3) is 5.91 Å². The molecule has 1 amide bonds. The molecular formula is C20H15N3OS2. The molecular weight excluding hydrogens is 362 g/mol. The number of hydrogen-bond acceptors (Lipinski definition) is 5. The maximum absolute atomic E-state index is 12.5. The van der Waals surface area contributed by atoms with E-state index in [9.17, 15) is 4.79 Å². The molecule has 0 aliphatic heterocycles. The molecule has 4 rings (SSSR count). The Morgan fingerprint density at radius 2 is 1.85 bits per heavy atom. The van der Waals surface area contributed by atoms with Crippen molar-refractivity contribution in [2.24, 2.45) is 0 Å². The summed E-state index contributed by atoms with van der Waals surface area (Å²) in [5.74, 6) is -0.105. The number of thioether (sulfide) groups is 1. The third kappa shape index (κ3) is 3.34. The van der Waals surface area contributed by atoms with Gasteiger partial charge in [-0.05, 0) is 54.8 Å². The lowest BCUT2D eigenvalue weighted by atomic mass is 10.2. The van der Waals surface area contributed by atoms with Crippen LogP contribution in [0.3, 0.4) is 0 Å². The van der Waals surface area contributed by atoms with Gasteiger partial charge in [-0.3, -0.25) is 4.79 Å². The number of fused-ring (bicyclic) bond motifs is 1. The Kier molecular flexibility index (Phi) is 4.69. The molecule has 2 heterocycles. The van der Waals surface area contributed by atoms with E-state index in [-0.39, 0.29) is 5.91 Å². The Hall–Kier alpha value is -2.70. The maximum atomic E-state index is 12.5. The first-order valence-corrected chi connectivity index (χ1v) is 10.0. The second kappa shape index (κ2) is 7.27. The van der Waals surface area contributed by atoms with E-state index in [1.165, 1.54) is 0 Å². The molecule has 0 bridgehead atoms. The van der Waals surface area contributed by atoms with Gasteiger partial charge in [0.1, 0.15) is 15.4 Å². The molecule has 2 aromatic heterocycles. The van der Waals surface area contributed by atoms with Crippen LogP contribution in [0.1, 0.15) is 10.4 Å². The number of carbonyl (C=O) groups excluding carboxylic acids is 1. The fraction of sp³-hybridized carbons (Fsp3) is 0.0500. The normalized spacial score (nSPS) is 10.8. The van der Waals surface area contributed by atoms with Gasteiger partial charge in [0.2, 0.25) is 0 Å². The summed E-state index contributed by atoms with van der Waals surface area (Å²) in [6, 6.07) is 19.2. The summed E-state index contributed by atoms with van der Waals surface area (Å²) in [6.45, 7) is 0. The van der Waals surface area contributed by atoms with Gasteiger partial charge in [0.15, 0.2) is 0 Å². The summed E-state index contributed by atoms with van der Waals surface area (Å²) in [5.41, 5.74) is 3.35. The molecule has 0 atom stereocenters. The minimum atomic E-state index is -0.105. The highest BCUT2D eigenvalue weighted by Crippen LogP contribution is 2.29. The van der Waals surface area contributed by atoms with Crippen LogP contribution >= 0.6 is 23.1 Å². The third-order valence-electron chi connectivity index (χ3n) is 3.91. The SMILES string of the molecule is CSc1ccccc1C(=O)Nc1ccc(-c2nc3cccnc3s2)cc1. The highest BCUT2D eigenvalue weighted by atomic mass is 32.2. The molecule has 0 fully saturated rings. The van der Waals surface area contributed by atoms with Crippen molar-refractivity contribution in [1.29, 1.82) is 0 Å². The number of benzene rings is 2. The number of aromatic nitrogens is 2. The quantitative estimate of drug-likeness (QED) is 0.488. The number of thiazole rings is 1. The predicted octanol–water partition coefficient (Wildman–Crippen LogP) is 5.33. The molecule has 2 aromatic carbocycles. The van der Waals surface area contributed by atoms with Crippen LogP contribution in [-0.4, -0.2) is 22.1 Å². The average Bonchev–Trinajstić information content (AvgIpc) is 3.12. The van der Waals surface area contributed by atoms with Gasteiger partial charge >= 0.3 is 0 Å². The zero-order valence-electron chi connectivity index (χ0n) is 14.0. The number of carbonyl (C=O) groups is 1. The standard InChI is InChI=1S/C20H15N3OS2/c1-25-17-7-3-2-5-15(17)18(24)22-14-10-8-13(9-11-14)19-23-16-6-4-12-21-20(16)26-19/h2-12H,1H3,(H,22,24). The van der Waals surface area contributed by atoms with E-state index in [1.807, 2.05) is 66.9 Å². The zero-order chi connectivity index (χ0) is 17.9. The number of nitrogens with zero attached hydrogens (tertiary/aromatic N) is 2. The molecule has 26 heavy (non-hydrogen) atoms. The van der Waals surface area contributed by atoms with Crippen molar-refractivity contribution in [2.75, 3.05) is 11.6 Å². The van der Waals surface area contributed by atoms with Crippen LogP contribution in [0.25, 0.3) is 20.9 Å². The first-order valence-electron chi connectivity index (χ1n) is 8.01. The first-order chi connectivity index (χ1) is 12.7. The van der Waals surface area contributed by atoms with E-state index < -0.39 is 0 Å². The monoisotopic (exact) mass is 377 g/mol. The lowest BCUT2D eigenvalue weighted by Gasteiger charge is -2.08. The summed E-state index contributed by atoms with van der Waals surface area (Å²) in [4.78, 5) is 23.4. The first kappa shape index (κ1) is 16.8. The Morgan fingerprint density at radius 1 is 1.04 bits per heavy atom. The van der Waals surface area contributed by atoms with Gasteiger partial charge in [-0.1, -0.05) is 23.5 Å². The van der Waals surface area contributed by atoms with Crippen LogP contribution in [0.5, 0.6) is 0 Å². The average molecular weight is 377 g/mol. The number of pyridine rings is 1. The lowest BCUT2D eigenvalue weighted by Crippen LogP contribution is -2.12. The van der Waals surface area contributed by atoms with Crippen molar-refractivity contribution in [1.82, 2.24) is 9.97 Å². The summed E-state index contributed by atoms with van der Waals surface area (Å²) in [6.07, 6.45) is 3.74. The lowest BCUT2D eigenvalue weighted by molar-refractivity contribution is 0.102. The Bertz CT molecular complexity index is 1040. The maximum Gasteiger partial charge on any atom is 0.256 e. The summed E-state index contributed by atoms with van der Waals surface area (Å²) in [7, 11) is 0. The number of rotatable bonds is 4. The minimum absolute atomic E-state index is 0.105. The molecule has 0 saturated heterocycles. The van der Waals surface area contributed by atoms with E-state index in [0.29, 0.717) is 5.56 Å². The number of amides is 1. The zero-order valence-corrected chi connectivity index (χ0v) is 15.6. The molecule has 6 heteroatoms. The van der Waals surface area contributed by atoms with Gasteiger partial charge in [-0.25, -0.2) is 9.97 Å². The van der Waals surface area contributed by atoms with E-state index >= 15 is 0 Å². The van der Waals surface area contributed by atoms with E-state index in [1.54, 1.807) is 29.3 Å². The summed E-state index contributed by atoms with van der Waals surface area (Å²) in [5, 5.41) is 3.88. The molecule has 1 N–H and O–H groups in total. The second-order valence-corrected chi connectivity index (χ2v) is 7.40. The Morgan fingerprint density at radius 3 is 2.62 bits per heavy atom. The van der Waals surface area contributed by atoms with E-state index in [0.717, 1.165) is 31.5 Å². The molecule has 0 aliphatic rings. The number of nitrogens with one attached hydrogen (secondary N) is 1. The van der Waals surface area contributed by atoms with Crippen molar-refractivity contribution < 1.29 is 4.79 Å². The van der Waals surface area contributed by atoms with Crippen molar-refractivity contribution in [3.05, 3.63) is 72.4 Å². The second-order valence-electron chi connectivity index (χ2n) is 5.58. The van der Waals surface area contributed by atoms with Gasteiger partial charge in [0.05, 0.1) is 5.56 Å². The molecule has 128 valence electrons. The molecule has 0 aliphatic carbocycles. The van der Waals surface area contributed by atoms with Crippen LogP contribution in [0.4, 0.5) is 5.69 Å². The third-order valence-corrected chi connectivity index (χ3v) is 5.73. The molecule has 4 aromatic rings. The summed E-state index contributed by atoms with van der Waals surface area (Å²) < 4.78 is 0. The number of anilines is 1. The fourth-order valence-corrected chi connectivity index (χ4v) is 4.13. The highest BCUT2D eigenvalue weighted by molar-refractivity contribution is 7.98. The van der Waals surface area contributed by atoms with E-state index in [4.69, 9.17) is 0 Å². The van der Waals surface area contributed by atoms with Crippen molar-refractivity contribution in [3.8, 4) is 10.6 Å². The summed E-state index contributed by atoms with van der Waals surface area (Å²) >= 11 is 3.12. The van der Waals surface area contributed by atoms with Crippen LogP contribution in [-0.2, 0) is 0 Å². The van der Waals surface area contributed by atoms with Crippen molar-refractivity contribution in [2.45, 2.75) is 4.90 Å². The van der Waals surface area contributed by atoms with Crippen LogP contribution in [0.2, 0.25) is 0 Å². The Balaban J connectivity index is 1.55. The van der Waals surface area contributed by atoms with Gasteiger partial charge in [-0.15, -0.1) is 11.8 Å². The fourth-order valence-electron chi connectivity index (χ4n) is 2.62. The molecule has 0 radical (unpaired) electrons. The van der Waals surface area contributed by atoms with Crippen molar-refractivity contribution >= 4 is 45.0 Å². The Labute approximate surface area is 159 Å². The highest BCUT2D eigenvalue weighted by Gasteiger charge is 2.11. The van der Waals surface area contributed by atoms with Gasteiger partial charge in [-0.2, -0.15) is 0 Å². The van der Waals surface area contributed by atoms with E-state index in [2.05, 4.69) is 15.3 Å². The number of hydrogen-bond donors (Lipinski definition) is 1. The molecule has 4 nitrogen and oxygen atoms in total. The van der Waals surface area contributed by atoms with Gasteiger partial charge < -0.3 is 5.32 Å². The van der Waals surface area contributed by atoms with Crippen molar-refractivity contribution in [3.63, 3.8) is 0 Å². The topological polar surface area (TPSA) is 54.9 Å². The molecule has 0 spiro atoms. The predicted molar refractivity (Wildman–Crippen MR) is 109 cm³/mol. The smallest absolute Gasteiger partial charge is 0.256 e. The molecule has 0 saturated carbocycles. The van der Waals surface area contributed by atoms with Crippen LogP contribution in [0.15, 0.2) is 71.8 Å². The van der Waals surface area contributed by atoms with Gasteiger partial charge in [0, 0.05) is 22.3 Å². The molecule has 0 unspecified atom stereocenters. The largest absolute Gasteiger partial charge is 0.322 e. The van der Waals surface area contributed by atoms with Crippen LogP contribution < -0.4 is 5.32 Å². The van der Waals surface area contributed by atoms with Crippen LogP contribution in [0, 0.1) is 0 Å².